The molecule has 2 heterocycles. The topological polar surface area (TPSA) is 116 Å². The molecule has 1 N–H and O–H groups in total. The van der Waals surface area contributed by atoms with Crippen molar-refractivity contribution in [3.63, 3.8) is 0 Å². The number of carbonyl (C=O) groups is 2. The van der Waals surface area contributed by atoms with Gasteiger partial charge in [0, 0.05) is 11.1 Å². The van der Waals surface area contributed by atoms with E-state index in [1.54, 1.807) is 12.1 Å². The summed E-state index contributed by atoms with van der Waals surface area (Å²) in [4.78, 5) is 25.8. The van der Waals surface area contributed by atoms with Crippen molar-refractivity contribution >= 4 is 34.8 Å². The van der Waals surface area contributed by atoms with E-state index in [0.29, 0.717) is 16.9 Å². The molecule has 9 nitrogen and oxygen atoms in total. The third-order valence-electron chi connectivity index (χ3n) is 5.20. The lowest BCUT2D eigenvalue weighted by atomic mass is 9.98. The second kappa shape index (κ2) is 10.1. The molecule has 1 atom stereocenters. The molecule has 0 spiro atoms. The number of rotatable bonds is 6. The number of halogens is 1. The smallest absolute Gasteiger partial charge is 0.426 e. The predicted molar refractivity (Wildman–Crippen MR) is 124 cm³/mol. The first-order valence-electron chi connectivity index (χ1n) is 10.2. The zero-order valence-corrected chi connectivity index (χ0v) is 19.5. The number of hydrogen-bond donors (Lipinski definition) is 1. The molecular weight excluding hydrogens is 481 g/mol. The van der Waals surface area contributed by atoms with Crippen LogP contribution in [-0.2, 0) is 27.1 Å². The Labute approximate surface area is 201 Å². The van der Waals surface area contributed by atoms with E-state index in [1.165, 1.54) is 30.5 Å². The summed E-state index contributed by atoms with van der Waals surface area (Å²) in [5.74, 6) is -0.773. The average molecular weight is 501 g/mol. The molecular formula is C24H20FNO8S. The summed E-state index contributed by atoms with van der Waals surface area (Å²) in [6, 6.07) is 8.14. The van der Waals surface area contributed by atoms with Gasteiger partial charge in [0.15, 0.2) is 11.0 Å². The van der Waals surface area contributed by atoms with E-state index >= 15 is 0 Å². The van der Waals surface area contributed by atoms with E-state index in [-0.39, 0.29) is 40.7 Å². The SMILES string of the molecule is COC(=O)c1c(N(C(=O)OC)S(=O)c2ccc(F)cc2/C=C\CO)ccc2c1OCc1occc1-2. The molecule has 0 saturated heterocycles. The first-order valence-corrected chi connectivity index (χ1v) is 11.3. The van der Waals surface area contributed by atoms with Crippen LogP contribution in [0.5, 0.6) is 5.75 Å². The number of methoxy groups -OCH3 is 2. The Kier molecular flexibility index (Phi) is 6.99. The van der Waals surface area contributed by atoms with Crippen molar-refractivity contribution in [1.82, 2.24) is 0 Å². The molecule has 0 aliphatic carbocycles. The van der Waals surface area contributed by atoms with Crippen LogP contribution >= 0.6 is 0 Å². The summed E-state index contributed by atoms with van der Waals surface area (Å²) in [5.41, 5.74) is 1.12. The molecule has 2 aromatic carbocycles. The fourth-order valence-corrected chi connectivity index (χ4v) is 4.91. The first kappa shape index (κ1) is 24.2. The number of aliphatic hydroxyl groups is 1. The van der Waals surface area contributed by atoms with Crippen LogP contribution in [0.2, 0.25) is 0 Å². The summed E-state index contributed by atoms with van der Waals surface area (Å²) in [7, 11) is -0.0620. The lowest BCUT2D eigenvalue weighted by molar-refractivity contribution is 0.0596. The van der Waals surface area contributed by atoms with E-state index in [2.05, 4.69) is 0 Å². The molecule has 1 amide bonds. The Morgan fingerprint density at radius 3 is 2.69 bits per heavy atom. The zero-order chi connectivity index (χ0) is 25.1. The minimum Gasteiger partial charge on any atom is -0.484 e. The first-order chi connectivity index (χ1) is 16.9. The number of amides is 1. The Balaban J connectivity index is 1.92. The number of hydrogen-bond acceptors (Lipinski definition) is 8. The molecule has 0 bridgehead atoms. The van der Waals surface area contributed by atoms with Gasteiger partial charge in [0.2, 0.25) is 0 Å². The highest BCUT2D eigenvalue weighted by molar-refractivity contribution is 7.87. The third kappa shape index (κ3) is 4.43. The molecule has 0 fully saturated rings. The third-order valence-corrected chi connectivity index (χ3v) is 6.62. The van der Waals surface area contributed by atoms with Gasteiger partial charge in [0.05, 0.1) is 37.7 Å². The van der Waals surface area contributed by atoms with Crippen molar-refractivity contribution in [3.05, 3.63) is 71.4 Å². The van der Waals surface area contributed by atoms with Gasteiger partial charge in [-0.25, -0.2) is 18.2 Å². The van der Waals surface area contributed by atoms with Crippen molar-refractivity contribution in [2.24, 2.45) is 0 Å². The Morgan fingerprint density at radius 2 is 1.97 bits per heavy atom. The van der Waals surface area contributed by atoms with Gasteiger partial charge < -0.3 is 23.7 Å². The largest absolute Gasteiger partial charge is 0.484 e. The predicted octanol–water partition coefficient (Wildman–Crippen LogP) is 4.07. The monoisotopic (exact) mass is 501 g/mol. The maximum atomic E-state index is 13.9. The Hall–Kier alpha value is -3.96. The zero-order valence-electron chi connectivity index (χ0n) is 18.6. The Bertz CT molecular complexity index is 1350. The lowest BCUT2D eigenvalue weighted by Crippen LogP contribution is -2.34. The molecule has 1 aliphatic heterocycles. The molecule has 3 aromatic rings. The Morgan fingerprint density at radius 1 is 1.17 bits per heavy atom. The number of anilines is 1. The van der Waals surface area contributed by atoms with Gasteiger partial charge in [-0.05, 0) is 42.0 Å². The van der Waals surface area contributed by atoms with E-state index in [0.717, 1.165) is 30.7 Å². The molecule has 4 rings (SSSR count). The fourth-order valence-electron chi connectivity index (χ4n) is 3.66. The van der Waals surface area contributed by atoms with E-state index in [9.17, 15) is 18.2 Å². The number of nitrogens with zero attached hydrogens (tertiary/aromatic N) is 1. The van der Waals surface area contributed by atoms with Crippen LogP contribution in [0.3, 0.4) is 0 Å². The molecule has 1 aliphatic rings. The fraction of sp³-hybridized carbons (Fsp3) is 0.167. The number of furan rings is 1. The maximum absolute atomic E-state index is 13.9. The summed E-state index contributed by atoms with van der Waals surface area (Å²) in [5, 5.41) is 9.12. The van der Waals surface area contributed by atoms with E-state index in [1.807, 2.05) is 0 Å². The molecule has 0 radical (unpaired) electrons. The van der Waals surface area contributed by atoms with Crippen LogP contribution in [0.1, 0.15) is 21.7 Å². The lowest BCUT2D eigenvalue weighted by Gasteiger charge is -2.26. The standard InChI is InChI=1S/C24H20FNO8S/c1-31-23(28)21-18(7-6-17-16-9-11-33-19(16)13-34-22(17)21)26(24(29)32-2)35(30)20-8-5-15(25)12-14(20)4-3-10-27/h3-9,11-12,27H,10,13H2,1-2H3/b4-3-. The highest BCUT2D eigenvalue weighted by Gasteiger charge is 2.35. The van der Waals surface area contributed by atoms with Gasteiger partial charge >= 0.3 is 12.1 Å². The summed E-state index contributed by atoms with van der Waals surface area (Å²) in [6.07, 6.45) is 3.13. The van der Waals surface area contributed by atoms with Gasteiger partial charge in [-0.3, -0.25) is 0 Å². The quantitative estimate of drug-likeness (QED) is 0.503. The second-order valence-corrected chi connectivity index (χ2v) is 8.46. The van der Waals surface area contributed by atoms with Gasteiger partial charge in [-0.1, -0.05) is 12.2 Å². The molecule has 1 aromatic heterocycles. The van der Waals surface area contributed by atoms with Gasteiger partial charge in [-0.15, -0.1) is 0 Å². The van der Waals surface area contributed by atoms with Crippen molar-refractivity contribution < 1.29 is 41.9 Å². The maximum Gasteiger partial charge on any atom is 0.426 e. The van der Waals surface area contributed by atoms with Crippen LogP contribution in [0.15, 0.2) is 58.1 Å². The summed E-state index contributed by atoms with van der Waals surface area (Å²) >= 11 is 0. The number of fused-ring (bicyclic) bond motifs is 3. The molecule has 1 unspecified atom stereocenters. The number of carbonyl (C=O) groups excluding carboxylic acids is 2. The molecule has 182 valence electrons. The summed E-state index contributed by atoms with van der Waals surface area (Å²) < 4.78 is 49.4. The normalized spacial score (nSPS) is 12.9. The number of esters is 1. The highest BCUT2D eigenvalue weighted by Crippen LogP contribution is 2.45. The minimum atomic E-state index is -2.32. The number of benzene rings is 2. The molecule has 0 saturated carbocycles. The highest BCUT2D eigenvalue weighted by atomic mass is 32.2. The minimum absolute atomic E-state index is 0.0260. The molecule has 11 heteroatoms. The van der Waals surface area contributed by atoms with Crippen LogP contribution in [0.4, 0.5) is 14.9 Å². The van der Waals surface area contributed by atoms with Crippen molar-refractivity contribution in [2.45, 2.75) is 11.5 Å². The van der Waals surface area contributed by atoms with Crippen LogP contribution in [0.25, 0.3) is 17.2 Å². The van der Waals surface area contributed by atoms with E-state index in [4.69, 9.17) is 23.7 Å². The van der Waals surface area contributed by atoms with E-state index < -0.39 is 28.9 Å². The average Bonchev–Trinajstić information content (AvgIpc) is 3.36. The number of ether oxygens (including phenoxy) is 3. The van der Waals surface area contributed by atoms with Gasteiger partial charge in [-0.2, -0.15) is 4.31 Å². The van der Waals surface area contributed by atoms with Crippen LogP contribution in [-0.4, -0.2) is 42.2 Å². The summed E-state index contributed by atoms with van der Waals surface area (Å²) in [6.45, 7) is -0.313. The second-order valence-electron chi connectivity index (χ2n) is 7.15. The van der Waals surface area contributed by atoms with Crippen molar-refractivity contribution in [1.29, 1.82) is 0 Å². The van der Waals surface area contributed by atoms with Crippen LogP contribution < -0.4 is 9.04 Å². The van der Waals surface area contributed by atoms with Crippen LogP contribution in [0, 0.1) is 5.82 Å². The molecule has 35 heavy (non-hydrogen) atoms. The van der Waals surface area contributed by atoms with Gasteiger partial charge in [0.1, 0.15) is 29.5 Å². The van der Waals surface area contributed by atoms with Crippen molar-refractivity contribution in [3.8, 4) is 16.9 Å². The van der Waals surface area contributed by atoms with Gasteiger partial charge in [0.25, 0.3) is 0 Å². The van der Waals surface area contributed by atoms with Crippen molar-refractivity contribution in [2.75, 3.05) is 25.1 Å². The number of aliphatic hydroxyl groups excluding tert-OH is 1.